The third kappa shape index (κ3) is 2.51. The zero-order valence-electron chi connectivity index (χ0n) is 9.25. The molecule has 0 spiro atoms. The number of aromatic nitrogens is 1. The Labute approximate surface area is 113 Å². The van der Waals surface area contributed by atoms with Crippen molar-refractivity contribution in [2.45, 2.75) is 13.8 Å². The SMILES string of the molecule is CC(=O)c1sc(-c2ccc(Cl)c(Cl)c2)nc1C. The van der Waals surface area contributed by atoms with Crippen molar-refractivity contribution in [1.29, 1.82) is 0 Å². The molecule has 0 radical (unpaired) electrons. The molecule has 0 unspecified atom stereocenters. The molecule has 17 heavy (non-hydrogen) atoms. The predicted molar refractivity (Wildman–Crippen MR) is 72.3 cm³/mol. The highest BCUT2D eigenvalue weighted by molar-refractivity contribution is 7.17. The van der Waals surface area contributed by atoms with E-state index in [4.69, 9.17) is 23.2 Å². The molecule has 2 rings (SSSR count). The number of Topliss-reactive ketones (excluding diaryl/α,β-unsaturated/α-hetero) is 1. The molecule has 0 saturated heterocycles. The molecule has 0 bridgehead atoms. The van der Waals surface area contributed by atoms with E-state index in [2.05, 4.69) is 4.98 Å². The maximum Gasteiger partial charge on any atom is 0.171 e. The standard InChI is InChI=1S/C12H9Cl2NOS/c1-6-11(7(2)16)17-12(15-6)8-3-4-9(13)10(14)5-8/h3-5H,1-2H3. The van der Waals surface area contributed by atoms with Crippen molar-refractivity contribution >= 4 is 40.3 Å². The van der Waals surface area contributed by atoms with Crippen LogP contribution >= 0.6 is 34.5 Å². The third-order valence-electron chi connectivity index (χ3n) is 2.28. The molecule has 0 aliphatic rings. The quantitative estimate of drug-likeness (QED) is 0.753. The van der Waals surface area contributed by atoms with Gasteiger partial charge >= 0.3 is 0 Å². The number of hydrogen-bond donors (Lipinski definition) is 0. The Kier molecular flexibility index (Phi) is 3.52. The molecule has 0 saturated carbocycles. The summed E-state index contributed by atoms with van der Waals surface area (Å²) < 4.78 is 0. The van der Waals surface area contributed by atoms with Gasteiger partial charge in [0.25, 0.3) is 0 Å². The van der Waals surface area contributed by atoms with Crippen LogP contribution in [0.5, 0.6) is 0 Å². The molecular formula is C12H9Cl2NOS. The zero-order chi connectivity index (χ0) is 12.6. The van der Waals surface area contributed by atoms with Crippen LogP contribution < -0.4 is 0 Å². The summed E-state index contributed by atoms with van der Waals surface area (Å²) in [6.45, 7) is 3.37. The van der Waals surface area contributed by atoms with Crippen LogP contribution in [0.25, 0.3) is 10.6 Å². The Bertz CT molecular complexity index is 592. The minimum Gasteiger partial charge on any atom is -0.294 e. The molecule has 1 aromatic carbocycles. The van der Waals surface area contributed by atoms with Crippen LogP contribution in [-0.4, -0.2) is 10.8 Å². The maximum absolute atomic E-state index is 11.4. The number of ketones is 1. The molecule has 5 heteroatoms. The monoisotopic (exact) mass is 285 g/mol. The van der Waals surface area contributed by atoms with E-state index < -0.39 is 0 Å². The van der Waals surface area contributed by atoms with Crippen molar-refractivity contribution in [2.24, 2.45) is 0 Å². The normalized spacial score (nSPS) is 10.6. The lowest BCUT2D eigenvalue weighted by Crippen LogP contribution is -1.89. The average molecular weight is 286 g/mol. The predicted octanol–water partition coefficient (Wildman–Crippen LogP) is 4.63. The van der Waals surface area contributed by atoms with Crippen molar-refractivity contribution in [3.05, 3.63) is 38.8 Å². The Morgan fingerprint density at radius 2 is 2.00 bits per heavy atom. The summed E-state index contributed by atoms with van der Waals surface area (Å²) in [4.78, 5) is 16.4. The molecule has 0 aliphatic carbocycles. The minimum atomic E-state index is 0.0336. The van der Waals surface area contributed by atoms with E-state index in [0.29, 0.717) is 14.9 Å². The first-order valence-corrected chi connectivity index (χ1v) is 6.50. The lowest BCUT2D eigenvalue weighted by Gasteiger charge is -1.98. The summed E-state index contributed by atoms with van der Waals surface area (Å²) in [5.41, 5.74) is 1.63. The Hall–Kier alpha value is -0.900. The summed E-state index contributed by atoms with van der Waals surface area (Å²) in [7, 11) is 0. The number of carbonyl (C=O) groups excluding carboxylic acids is 1. The molecule has 2 nitrogen and oxygen atoms in total. The molecular weight excluding hydrogens is 277 g/mol. The molecule has 1 heterocycles. The van der Waals surface area contributed by atoms with Crippen LogP contribution in [0.2, 0.25) is 10.0 Å². The van der Waals surface area contributed by atoms with Gasteiger partial charge in [-0.05, 0) is 19.1 Å². The van der Waals surface area contributed by atoms with Crippen molar-refractivity contribution in [2.75, 3.05) is 0 Å². The van der Waals surface area contributed by atoms with E-state index in [1.54, 1.807) is 19.1 Å². The summed E-state index contributed by atoms with van der Waals surface area (Å²) in [5, 5.41) is 1.78. The van der Waals surface area contributed by atoms with Gasteiger partial charge < -0.3 is 0 Å². The highest BCUT2D eigenvalue weighted by Crippen LogP contribution is 2.32. The summed E-state index contributed by atoms with van der Waals surface area (Å²) >= 11 is 13.2. The van der Waals surface area contributed by atoms with E-state index in [1.807, 2.05) is 13.0 Å². The fourth-order valence-corrected chi connectivity index (χ4v) is 2.73. The van der Waals surface area contributed by atoms with Gasteiger partial charge in [-0.2, -0.15) is 0 Å². The van der Waals surface area contributed by atoms with Crippen LogP contribution in [0.15, 0.2) is 18.2 Å². The summed E-state index contributed by atoms with van der Waals surface area (Å²) in [6.07, 6.45) is 0. The van der Waals surface area contributed by atoms with E-state index >= 15 is 0 Å². The number of rotatable bonds is 2. The largest absolute Gasteiger partial charge is 0.294 e. The number of halogens is 2. The van der Waals surface area contributed by atoms with E-state index in [9.17, 15) is 4.79 Å². The zero-order valence-corrected chi connectivity index (χ0v) is 11.6. The Morgan fingerprint density at radius 1 is 1.29 bits per heavy atom. The van der Waals surface area contributed by atoms with Crippen molar-refractivity contribution in [1.82, 2.24) is 4.98 Å². The molecule has 2 aromatic rings. The van der Waals surface area contributed by atoms with Gasteiger partial charge in [-0.3, -0.25) is 4.79 Å². The molecule has 0 amide bonds. The van der Waals surface area contributed by atoms with Gasteiger partial charge in [0.05, 0.1) is 20.6 Å². The second-order valence-corrected chi connectivity index (χ2v) is 5.43. The highest BCUT2D eigenvalue weighted by Gasteiger charge is 2.13. The summed E-state index contributed by atoms with van der Waals surface area (Å²) in [5.74, 6) is 0.0336. The first-order chi connectivity index (χ1) is 7.99. The third-order valence-corrected chi connectivity index (χ3v) is 4.33. The highest BCUT2D eigenvalue weighted by atomic mass is 35.5. The molecule has 1 aromatic heterocycles. The fraction of sp³-hybridized carbons (Fsp3) is 0.167. The smallest absolute Gasteiger partial charge is 0.171 e. The van der Waals surface area contributed by atoms with Gasteiger partial charge in [0, 0.05) is 12.5 Å². The van der Waals surface area contributed by atoms with E-state index in [0.717, 1.165) is 16.3 Å². The fourth-order valence-electron chi connectivity index (χ4n) is 1.48. The molecule has 0 atom stereocenters. The van der Waals surface area contributed by atoms with Crippen LogP contribution in [0.3, 0.4) is 0 Å². The van der Waals surface area contributed by atoms with Gasteiger partial charge in [0.15, 0.2) is 5.78 Å². The number of thiazole rings is 1. The Balaban J connectivity index is 2.50. The van der Waals surface area contributed by atoms with Crippen LogP contribution in [0.1, 0.15) is 22.3 Å². The van der Waals surface area contributed by atoms with Crippen LogP contribution in [-0.2, 0) is 0 Å². The number of hydrogen-bond acceptors (Lipinski definition) is 3. The van der Waals surface area contributed by atoms with Gasteiger partial charge in [-0.1, -0.05) is 29.3 Å². The van der Waals surface area contributed by atoms with Crippen molar-refractivity contribution in [3.63, 3.8) is 0 Å². The number of carbonyl (C=O) groups is 1. The van der Waals surface area contributed by atoms with Crippen LogP contribution in [0, 0.1) is 6.92 Å². The second-order valence-electron chi connectivity index (χ2n) is 3.62. The van der Waals surface area contributed by atoms with Gasteiger partial charge in [0.1, 0.15) is 5.01 Å². The molecule has 0 aliphatic heterocycles. The molecule has 88 valence electrons. The lowest BCUT2D eigenvalue weighted by atomic mass is 10.2. The first kappa shape index (κ1) is 12.6. The van der Waals surface area contributed by atoms with Gasteiger partial charge in [-0.25, -0.2) is 4.98 Å². The summed E-state index contributed by atoms with van der Waals surface area (Å²) in [6, 6.07) is 5.33. The second kappa shape index (κ2) is 4.77. The maximum atomic E-state index is 11.4. The van der Waals surface area contributed by atoms with Crippen LogP contribution in [0.4, 0.5) is 0 Å². The topological polar surface area (TPSA) is 30.0 Å². The van der Waals surface area contributed by atoms with Gasteiger partial charge in [-0.15, -0.1) is 11.3 Å². The molecule has 0 N–H and O–H groups in total. The van der Waals surface area contributed by atoms with E-state index in [-0.39, 0.29) is 5.78 Å². The van der Waals surface area contributed by atoms with Gasteiger partial charge in [0.2, 0.25) is 0 Å². The number of aryl methyl sites for hydroxylation is 1. The minimum absolute atomic E-state index is 0.0336. The molecule has 0 fully saturated rings. The lowest BCUT2D eigenvalue weighted by molar-refractivity contribution is 0.102. The number of benzene rings is 1. The average Bonchev–Trinajstić information content (AvgIpc) is 2.64. The van der Waals surface area contributed by atoms with Crippen molar-refractivity contribution < 1.29 is 4.79 Å². The Morgan fingerprint density at radius 3 is 2.53 bits per heavy atom. The first-order valence-electron chi connectivity index (χ1n) is 4.93. The number of nitrogens with zero attached hydrogens (tertiary/aromatic N) is 1. The van der Waals surface area contributed by atoms with E-state index in [1.165, 1.54) is 11.3 Å². The van der Waals surface area contributed by atoms with Crippen molar-refractivity contribution in [3.8, 4) is 10.6 Å².